The lowest BCUT2D eigenvalue weighted by atomic mass is 9.91. The number of imidazole rings is 1. The molecule has 4 atom stereocenters. The van der Waals surface area contributed by atoms with Crippen molar-refractivity contribution in [3.63, 3.8) is 0 Å². The first kappa shape index (κ1) is 30.3. The van der Waals surface area contributed by atoms with Crippen LogP contribution in [0.1, 0.15) is 29.7 Å². The van der Waals surface area contributed by atoms with Gasteiger partial charge in [0.05, 0.1) is 18.7 Å². The van der Waals surface area contributed by atoms with Gasteiger partial charge in [-0.25, -0.2) is 4.98 Å². The van der Waals surface area contributed by atoms with Crippen LogP contribution in [0.2, 0.25) is 0 Å². The van der Waals surface area contributed by atoms with E-state index in [0.29, 0.717) is 50.3 Å². The van der Waals surface area contributed by atoms with Gasteiger partial charge < -0.3 is 45.7 Å². The zero-order chi connectivity index (χ0) is 31.5. The highest BCUT2D eigenvalue weighted by Crippen LogP contribution is 2.43. The highest BCUT2D eigenvalue weighted by Gasteiger charge is 2.50. The topological polar surface area (TPSA) is 167 Å². The third kappa shape index (κ3) is 6.27. The number of nitrogens with zero attached hydrogens (tertiary/aromatic N) is 6. The van der Waals surface area contributed by atoms with Crippen LogP contribution >= 0.6 is 0 Å². The number of aliphatic hydroxyl groups excluding tert-OH is 2. The third-order valence-electron chi connectivity index (χ3n) is 8.28. The van der Waals surface area contributed by atoms with Crippen LogP contribution in [0.4, 0.5) is 23.3 Å². The smallest absolute Gasteiger partial charge is 0.249 e. The average molecular weight is 614 g/mol. The van der Waals surface area contributed by atoms with Gasteiger partial charge in [-0.3, -0.25) is 4.79 Å². The highest BCUT2D eigenvalue weighted by atomic mass is 16.6. The molecule has 1 fully saturated rings. The van der Waals surface area contributed by atoms with Crippen molar-refractivity contribution in [2.24, 2.45) is 12.8 Å². The Morgan fingerprint density at radius 3 is 2.31 bits per heavy atom. The summed E-state index contributed by atoms with van der Waals surface area (Å²) in [7, 11) is 1.93. The van der Waals surface area contributed by atoms with Gasteiger partial charge in [0.2, 0.25) is 11.9 Å². The summed E-state index contributed by atoms with van der Waals surface area (Å²) in [5.74, 6) is 0.696. The van der Waals surface area contributed by atoms with Crippen molar-refractivity contribution in [1.82, 2.24) is 19.5 Å². The molecule has 0 spiro atoms. The maximum atomic E-state index is 12.0. The number of anilines is 4. The molecule has 1 saturated heterocycles. The molecule has 0 aliphatic carbocycles. The number of aromatic nitrogens is 4. The van der Waals surface area contributed by atoms with Crippen LogP contribution in [-0.2, 0) is 23.0 Å². The predicted molar refractivity (Wildman–Crippen MR) is 171 cm³/mol. The Bertz CT molecular complexity index is 1560. The first-order valence-electron chi connectivity index (χ1n) is 15.1. The summed E-state index contributed by atoms with van der Waals surface area (Å²) in [5, 5.41) is 28.4. The SMILES string of the molecule is CCN1CN([C@@H]2O[C@H](C(N)=O)[C@@H](O)[C@H]2O)c2nc(NCCc3cn(C)cn3)nc(NCC(c3ccccc3)c3ccccc3)c21. The summed E-state index contributed by atoms with van der Waals surface area (Å²) in [6.07, 6.45) is -0.826. The lowest BCUT2D eigenvalue weighted by Crippen LogP contribution is -2.46. The van der Waals surface area contributed by atoms with Gasteiger partial charge in [-0.05, 0) is 18.1 Å². The van der Waals surface area contributed by atoms with E-state index in [1.54, 1.807) is 11.2 Å². The van der Waals surface area contributed by atoms with Gasteiger partial charge in [-0.1, -0.05) is 60.7 Å². The molecule has 6 rings (SSSR count). The molecule has 45 heavy (non-hydrogen) atoms. The molecule has 2 aliphatic heterocycles. The van der Waals surface area contributed by atoms with Crippen molar-refractivity contribution in [2.75, 3.05) is 46.7 Å². The zero-order valence-corrected chi connectivity index (χ0v) is 25.3. The molecule has 236 valence electrons. The number of amides is 1. The summed E-state index contributed by atoms with van der Waals surface area (Å²) in [6, 6.07) is 20.6. The normalized spacial score (nSPS) is 20.9. The number of hydrogen-bond acceptors (Lipinski definition) is 11. The molecule has 13 heteroatoms. The van der Waals surface area contributed by atoms with Crippen LogP contribution in [0.25, 0.3) is 0 Å². The van der Waals surface area contributed by atoms with Crippen LogP contribution in [0.5, 0.6) is 0 Å². The molecule has 0 unspecified atom stereocenters. The predicted octanol–water partition coefficient (Wildman–Crippen LogP) is 1.64. The van der Waals surface area contributed by atoms with Crippen LogP contribution in [0, 0.1) is 0 Å². The lowest BCUT2D eigenvalue weighted by Gasteiger charge is -2.28. The fourth-order valence-corrected chi connectivity index (χ4v) is 5.97. The summed E-state index contributed by atoms with van der Waals surface area (Å²) in [6.45, 7) is 4.01. The molecule has 13 nitrogen and oxygen atoms in total. The number of rotatable bonds is 12. The Morgan fingerprint density at radius 2 is 1.73 bits per heavy atom. The molecule has 2 aromatic heterocycles. The van der Waals surface area contributed by atoms with Gasteiger partial charge in [0.1, 0.15) is 17.9 Å². The van der Waals surface area contributed by atoms with E-state index < -0.39 is 30.4 Å². The Kier molecular flexibility index (Phi) is 8.83. The molecule has 4 aromatic rings. The van der Waals surface area contributed by atoms with E-state index in [1.807, 2.05) is 61.1 Å². The van der Waals surface area contributed by atoms with E-state index in [4.69, 9.17) is 20.4 Å². The Balaban J connectivity index is 1.34. The number of fused-ring (bicyclic) bond motifs is 1. The molecular formula is C32H39N9O4. The quantitative estimate of drug-likeness (QED) is 0.158. The van der Waals surface area contributed by atoms with Crippen molar-refractivity contribution in [1.29, 1.82) is 0 Å². The van der Waals surface area contributed by atoms with Gasteiger partial charge in [0, 0.05) is 45.2 Å². The Morgan fingerprint density at radius 1 is 1.04 bits per heavy atom. The van der Waals surface area contributed by atoms with Crippen molar-refractivity contribution >= 4 is 29.2 Å². The minimum Gasteiger partial charge on any atom is -0.387 e. The van der Waals surface area contributed by atoms with E-state index >= 15 is 0 Å². The standard InChI is InChI=1S/C32H39N9O4/c1-3-40-19-41(31-26(43)25(42)27(45-31)28(33)44)30-24(40)29(37-32(38-30)34-15-14-22-17-39(2)18-36-22)35-16-23(20-10-6-4-7-11-20)21-12-8-5-9-13-21/h4-13,17-18,23,25-27,31,42-43H,3,14-16,19H2,1-2H3,(H2,33,44)(H2,34,35,37,38)/t25-,26+,27-,31+/m0/s1. The second-order valence-corrected chi connectivity index (χ2v) is 11.3. The van der Waals surface area contributed by atoms with E-state index in [-0.39, 0.29) is 5.92 Å². The molecule has 0 radical (unpaired) electrons. The van der Waals surface area contributed by atoms with E-state index in [0.717, 1.165) is 11.4 Å². The lowest BCUT2D eigenvalue weighted by molar-refractivity contribution is -0.132. The van der Waals surface area contributed by atoms with Crippen LogP contribution in [-0.4, -0.2) is 86.5 Å². The molecule has 6 N–H and O–H groups in total. The minimum absolute atomic E-state index is 0.0395. The van der Waals surface area contributed by atoms with Gasteiger partial charge >= 0.3 is 0 Å². The van der Waals surface area contributed by atoms with E-state index in [2.05, 4.69) is 44.8 Å². The maximum absolute atomic E-state index is 12.0. The van der Waals surface area contributed by atoms with E-state index in [9.17, 15) is 15.0 Å². The van der Waals surface area contributed by atoms with Crippen molar-refractivity contribution in [2.45, 2.75) is 43.8 Å². The molecule has 4 heterocycles. The number of carbonyl (C=O) groups is 1. The van der Waals surface area contributed by atoms with Crippen LogP contribution in [0.3, 0.4) is 0 Å². The average Bonchev–Trinajstić information content (AvgIpc) is 3.73. The number of hydrogen-bond donors (Lipinski definition) is 5. The summed E-state index contributed by atoms with van der Waals surface area (Å²) < 4.78 is 7.73. The van der Waals surface area contributed by atoms with E-state index in [1.165, 1.54) is 11.1 Å². The molecule has 0 saturated carbocycles. The van der Waals surface area contributed by atoms with Gasteiger partial charge in [0.25, 0.3) is 0 Å². The fourth-order valence-electron chi connectivity index (χ4n) is 5.97. The first-order valence-corrected chi connectivity index (χ1v) is 15.1. The second-order valence-electron chi connectivity index (χ2n) is 11.3. The van der Waals surface area contributed by atoms with Gasteiger partial charge in [0.15, 0.2) is 24.0 Å². The van der Waals surface area contributed by atoms with Crippen molar-refractivity contribution in [3.05, 3.63) is 90.0 Å². The van der Waals surface area contributed by atoms with Crippen molar-refractivity contribution in [3.8, 4) is 0 Å². The second kappa shape index (κ2) is 13.1. The van der Waals surface area contributed by atoms with Gasteiger partial charge in [-0.15, -0.1) is 0 Å². The molecular weight excluding hydrogens is 574 g/mol. The largest absolute Gasteiger partial charge is 0.387 e. The number of aryl methyl sites for hydroxylation is 1. The number of ether oxygens (including phenoxy) is 1. The third-order valence-corrected chi connectivity index (χ3v) is 8.28. The fraction of sp³-hybridized carbons (Fsp3) is 0.375. The summed E-state index contributed by atoms with van der Waals surface area (Å²) in [5.41, 5.74) is 9.46. The van der Waals surface area contributed by atoms with Crippen molar-refractivity contribution < 1.29 is 19.7 Å². The number of primary amides is 1. The zero-order valence-electron chi connectivity index (χ0n) is 25.3. The maximum Gasteiger partial charge on any atom is 0.249 e. The number of nitrogens with two attached hydrogens (primary N) is 1. The number of benzene rings is 2. The number of nitrogens with one attached hydrogen (secondary N) is 2. The van der Waals surface area contributed by atoms with Gasteiger partial charge in [-0.2, -0.15) is 9.97 Å². The summed E-state index contributed by atoms with van der Waals surface area (Å²) in [4.78, 5) is 29.9. The minimum atomic E-state index is -1.46. The van der Waals surface area contributed by atoms with Crippen LogP contribution < -0.4 is 26.2 Å². The molecule has 0 bridgehead atoms. The summed E-state index contributed by atoms with van der Waals surface area (Å²) >= 11 is 0. The number of carbonyl (C=O) groups excluding carboxylic acids is 1. The Hall–Kier alpha value is -4.72. The molecule has 2 aromatic carbocycles. The monoisotopic (exact) mass is 613 g/mol. The Labute approximate surface area is 261 Å². The van der Waals surface area contributed by atoms with Crippen LogP contribution in [0.15, 0.2) is 73.2 Å². The number of aliphatic hydroxyl groups is 2. The highest BCUT2D eigenvalue weighted by molar-refractivity contribution is 5.85. The molecule has 2 aliphatic rings. The molecule has 1 amide bonds. The first-order chi connectivity index (χ1) is 21.8.